The van der Waals surface area contributed by atoms with Crippen LogP contribution < -0.4 is 0 Å². The molecule has 0 aromatic rings. The number of allylic oxidation sites excluding steroid dienone is 2. The largest absolute Gasteiger partial charge is 0.251 e. The number of hydrogen-bond donors (Lipinski definition) is 0. The molecule has 0 aromatic carbocycles. The molecule has 0 spiro atoms. The molecular formula is C8H11F. The minimum Gasteiger partial charge on any atom is -0.251 e. The van der Waals surface area contributed by atoms with Crippen molar-refractivity contribution in [3.8, 4) is 0 Å². The molecule has 9 heavy (non-hydrogen) atoms. The van der Waals surface area contributed by atoms with Crippen molar-refractivity contribution in [2.45, 2.75) is 12.8 Å². The van der Waals surface area contributed by atoms with Gasteiger partial charge in [0.1, 0.15) is 0 Å². The maximum Gasteiger partial charge on any atom is 0.0933 e. The van der Waals surface area contributed by atoms with Crippen molar-refractivity contribution in [3.63, 3.8) is 0 Å². The smallest absolute Gasteiger partial charge is 0.0933 e. The molecule has 0 radical (unpaired) electrons. The number of halogens is 1. The van der Waals surface area contributed by atoms with Crippen LogP contribution in [0.25, 0.3) is 0 Å². The summed E-state index contributed by atoms with van der Waals surface area (Å²) >= 11 is 0. The van der Waals surface area contributed by atoms with Crippen molar-refractivity contribution in [1.29, 1.82) is 0 Å². The van der Waals surface area contributed by atoms with Gasteiger partial charge in [-0.05, 0) is 30.6 Å². The molecule has 2 rings (SSSR count). The van der Waals surface area contributed by atoms with E-state index in [0.717, 1.165) is 0 Å². The molecule has 2 bridgehead atoms. The lowest BCUT2D eigenvalue weighted by Crippen LogP contribution is -2.08. The average Bonchev–Trinajstić information content (AvgIpc) is 2.44. The van der Waals surface area contributed by atoms with Crippen LogP contribution in [0, 0.1) is 17.8 Å². The first kappa shape index (κ1) is 5.45. The van der Waals surface area contributed by atoms with Gasteiger partial charge in [0.05, 0.1) is 6.67 Å². The second kappa shape index (κ2) is 1.83. The number of hydrogen-bond acceptors (Lipinski definition) is 0. The van der Waals surface area contributed by atoms with Crippen LogP contribution in [-0.2, 0) is 0 Å². The van der Waals surface area contributed by atoms with E-state index in [0.29, 0.717) is 17.8 Å². The quantitative estimate of drug-likeness (QED) is 0.472. The second-order valence-electron chi connectivity index (χ2n) is 3.11. The lowest BCUT2D eigenvalue weighted by atomic mass is 9.99. The van der Waals surface area contributed by atoms with Crippen molar-refractivity contribution in [1.82, 2.24) is 0 Å². The fourth-order valence-electron chi connectivity index (χ4n) is 2.12. The number of rotatable bonds is 1. The third-order valence-electron chi connectivity index (χ3n) is 2.72. The van der Waals surface area contributed by atoms with E-state index in [1.165, 1.54) is 12.8 Å². The SMILES string of the molecule is FCC1C2C=CC1CC2. The van der Waals surface area contributed by atoms with Crippen molar-refractivity contribution in [2.24, 2.45) is 17.8 Å². The van der Waals surface area contributed by atoms with Gasteiger partial charge in [-0.25, -0.2) is 0 Å². The fraction of sp³-hybridized carbons (Fsp3) is 0.750. The lowest BCUT2D eigenvalue weighted by Gasteiger charge is -2.08. The maximum atomic E-state index is 12.2. The first-order chi connectivity index (χ1) is 4.42. The van der Waals surface area contributed by atoms with Gasteiger partial charge in [-0.3, -0.25) is 4.39 Å². The van der Waals surface area contributed by atoms with Gasteiger partial charge in [0, 0.05) is 0 Å². The monoisotopic (exact) mass is 126 g/mol. The zero-order chi connectivity index (χ0) is 6.27. The van der Waals surface area contributed by atoms with Gasteiger partial charge in [0.15, 0.2) is 0 Å². The lowest BCUT2D eigenvalue weighted by molar-refractivity contribution is 0.310. The molecular weight excluding hydrogens is 115 g/mol. The Balaban J connectivity index is 2.15. The van der Waals surface area contributed by atoms with Gasteiger partial charge >= 0.3 is 0 Å². The Morgan fingerprint density at radius 3 is 2.00 bits per heavy atom. The van der Waals surface area contributed by atoms with Crippen LogP contribution in [0.4, 0.5) is 4.39 Å². The van der Waals surface area contributed by atoms with E-state index in [1.54, 1.807) is 0 Å². The standard InChI is InChI=1S/C8H11F/c9-5-8-6-1-2-7(8)4-3-6/h1-2,6-8H,3-5H2. The highest BCUT2D eigenvalue weighted by Gasteiger charge is 2.37. The van der Waals surface area contributed by atoms with Crippen LogP contribution in [0.15, 0.2) is 12.2 Å². The van der Waals surface area contributed by atoms with Gasteiger partial charge in [-0.2, -0.15) is 0 Å². The number of fused-ring (bicyclic) bond motifs is 2. The van der Waals surface area contributed by atoms with Crippen LogP contribution in [0.5, 0.6) is 0 Å². The highest BCUT2D eigenvalue weighted by molar-refractivity contribution is 5.11. The predicted octanol–water partition coefficient (Wildman–Crippen LogP) is 2.17. The van der Waals surface area contributed by atoms with Gasteiger partial charge in [0.25, 0.3) is 0 Å². The van der Waals surface area contributed by atoms with Crippen LogP contribution >= 0.6 is 0 Å². The Hall–Kier alpha value is -0.330. The molecule has 0 aromatic heterocycles. The van der Waals surface area contributed by atoms with E-state index in [2.05, 4.69) is 12.2 Å². The molecule has 2 atom stereocenters. The molecule has 1 heteroatoms. The third kappa shape index (κ3) is 0.637. The van der Waals surface area contributed by atoms with Gasteiger partial charge < -0.3 is 0 Å². The second-order valence-corrected chi connectivity index (χ2v) is 3.11. The van der Waals surface area contributed by atoms with E-state index >= 15 is 0 Å². The zero-order valence-electron chi connectivity index (χ0n) is 5.39. The minimum atomic E-state index is -0.109. The average molecular weight is 126 g/mol. The van der Waals surface area contributed by atoms with Crippen LogP contribution in [0.3, 0.4) is 0 Å². The Morgan fingerprint density at radius 1 is 1.22 bits per heavy atom. The van der Waals surface area contributed by atoms with Crippen LogP contribution in [0.1, 0.15) is 12.8 Å². The summed E-state index contributed by atoms with van der Waals surface area (Å²) in [6, 6.07) is 0. The molecule has 2 unspecified atom stereocenters. The topological polar surface area (TPSA) is 0 Å². The predicted molar refractivity (Wildman–Crippen MR) is 34.8 cm³/mol. The van der Waals surface area contributed by atoms with Gasteiger partial charge in [-0.1, -0.05) is 12.2 Å². The summed E-state index contributed by atoms with van der Waals surface area (Å²) in [5.41, 5.74) is 0. The molecule has 0 amide bonds. The number of alkyl halides is 1. The zero-order valence-corrected chi connectivity index (χ0v) is 5.39. The molecule has 2 aliphatic carbocycles. The maximum absolute atomic E-state index is 12.2. The van der Waals surface area contributed by atoms with Crippen molar-refractivity contribution in [2.75, 3.05) is 6.67 Å². The molecule has 0 N–H and O–H groups in total. The molecule has 50 valence electrons. The molecule has 0 nitrogen and oxygen atoms in total. The van der Waals surface area contributed by atoms with Crippen molar-refractivity contribution < 1.29 is 4.39 Å². The molecule has 1 saturated carbocycles. The first-order valence-corrected chi connectivity index (χ1v) is 3.66. The summed E-state index contributed by atoms with van der Waals surface area (Å²) < 4.78 is 12.2. The normalized spacial score (nSPS) is 46.6. The molecule has 2 aliphatic rings. The summed E-state index contributed by atoms with van der Waals surface area (Å²) in [5.74, 6) is 1.56. The molecule has 1 fully saturated rings. The molecule has 0 aliphatic heterocycles. The first-order valence-electron chi connectivity index (χ1n) is 3.66. The van der Waals surface area contributed by atoms with Crippen molar-refractivity contribution in [3.05, 3.63) is 12.2 Å². The minimum absolute atomic E-state index is 0.109. The summed E-state index contributed by atoms with van der Waals surface area (Å²) in [5, 5.41) is 0. The highest BCUT2D eigenvalue weighted by atomic mass is 19.1. The summed E-state index contributed by atoms with van der Waals surface area (Å²) in [6.45, 7) is -0.109. The third-order valence-corrected chi connectivity index (χ3v) is 2.72. The summed E-state index contributed by atoms with van der Waals surface area (Å²) in [6.07, 6.45) is 6.85. The summed E-state index contributed by atoms with van der Waals surface area (Å²) in [4.78, 5) is 0. The highest BCUT2D eigenvalue weighted by Crippen LogP contribution is 2.44. The van der Waals surface area contributed by atoms with E-state index in [4.69, 9.17) is 0 Å². The summed E-state index contributed by atoms with van der Waals surface area (Å²) in [7, 11) is 0. The van der Waals surface area contributed by atoms with Gasteiger partial charge in [-0.15, -0.1) is 0 Å². The van der Waals surface area contributed by atoms with E-state index in [1.807, 2.05) is 0 Å². The molecule has 0 saturated heterocycles. The van der Waals surface area contributed by atoms with E-state index < -0.39 is 0 Å². The Morgan fingerprint density at radius 2 is 1.78 bits per heavy atom. The van der Waals surface area contributed by atoms with E-state index in [-0.39, 0.29) is 6.67 Å². The Labute approximate surface area is 54.8 Å². The Kier molecular flexibility index (Phi) is 1.11. The van der Waals surface area contributed by atoms with Gasteiger partial charge in [0.2, 0.25) is 0 Å². The van der Waals surface area contributed by atoms with E-state index in [9.17, 15) is 4.39 Å². The van der Waals surface area contributed by atoms with Crippen LogP contribution in [0.2, 0.25) is 0 Å². The van der Waals surface area contributed by atoms with Crippen molar-refractivity contribution >= 4 is 0 Å². The fourth-order valence-corrected chi connectivity index (χ4v) is 2.12. The Bertz CT molecular complexity index is 126. The van der Waals surface area contributed by atoms with Crippen LogP contribution in [-0.4, -0.2) is 6.67 Å². The molecule has 0 heterocycles.